The largest absolute Gasteiger partial charge is 0.269 e. The quantitative estimate of drug-likeness (QED) is 0.351. The van der Waals surface area contributed by atoms with E-state index in [-0.39, 0.29) is 11.4 Å². The third-order valence-electron chi connectivity index (χ3n) is 4.82. The van der Waals surface area contributed by atoms with E-state index in [1.54, 1.807) is 32.9 Å². The van der Waals surface area contributed by atoms with Crippen LogP contribution in [0.25, 0.3) is 5.57 Å². The maximum Gasteiger partial charge on any atom is 0.269 e. The Labute approximate surface area is 161 Å². The Kier molecular flexibility index (Phi) is 6.60. The molecule has 0 saturated heterocycles. The van der Waals surface area contributed by atoms with Crippen molar-refractivity contribution in [1.82, 2.24) is 0 Å². The van der Waals surface area contributed by atoms with Gasteiger partial charge < -0.3 is 0 Å². The van der Waals surface area contributed by atoms with Gasteiger partial charge in [-0.1, -0.05) is 32.2 Å². The van der Waals surface area contributed by atoms with Crippen molar-refractivity contribution >= 4 is 5.57 Å². The molecule has 2 aromatic rings. The third kappa shape index (κ3) is 4.08. The Balaban J connectivity index is 2.67. The second kappa shape index (κ2) is 8.55. The molecule has 0 spiro atoms. The van der Waals surface area contributed by atoms with Gasteiger partial charge in [0.25, 0.3) is 6.43 Å². The monoisotopic (exact) mass is 392 g/mol. The fourth-order valence-corrected chi connectivity index (χ4v) is 3.22. The summed E-state index contributed by atoms with van der Waals surface area (Å²) in [4.78, 5) is 0. The van der Waals surface area contributed by atoms with E-state index >= 15 is 0 Å². The highest BCUT2D eigenvalue weighted by atomic mass is 19.3. The minimum absolute atomic E-state index is 0.185. The summed E-state index contributed by atoms with van der Waals surface area (Å²) in [5.74, 6) is -3.50. The van der Waals surface area contributed by atoms with E-state index in [2.05, 4.69) is 13.2 Å². The van der Waals surface area contributed by atoms with Crippen LogP contribution in [0.3, 0.4) is 0 Å². The van der Waals surface area contributed by atoms with Gasteiger partial charge in [-0.05, 0) is 71.5 Å². The minimum Gasteiger partial charge on any atom is -0.207 e. The summed E-state index contributed by atoms with van der Waals surface area (Å²) in [6, 6.07) is 4.87. The van der Waals surface area contributed by atoms with Crippen molar-refractivity contribution < 1.29 is 22.0 Å². The van der Waals surface area contributed by atoms with Gasteiger partial charge in [-0.25, -0.2) is 22.0 Å². The van der Waals surface area contributed by atoms with Crippen molar-refractivity contribution in [2.75, 3.05) is 0 Å². The summed E-state index contributed by atoms with van der Waals surface area (Å²) >= 11 is 0. The number of alkyl halides is 2. The fraction of sp³-hybridized carbons (Fsp3) is 0.217. The molecule has 1 atom stereocenters. The smallest absolute Gasteiger partial charge is 0.207 e. The number of aryl methyl sites for hydroxylation is 2. The van der Waals surface area contributed by atoms with Crippen molar-refractivity contribution in [2.45, 2.75) is 33.1 Å². The predicted molar refractivity (Wildman–Crippen MR) is 103 cm³/mol. The van der Waals surface area contributed by atoms with Crippen LogP contribution >= 0.6 is 0 Å². The molecule has 1 unspecified atom stereocenters. The summed E-state index contributed by atoms with van der Waals surface area (Å²) in [6.45, 7) is 12.6. The second-order valence-electron chi connectivity index (χ2n) is 6.61. The molecule has 0 aliphatic carbocycles. The van der Waals surface area contributed by atoms with Crippen molar-refractivity contribution in [2.24, 2.45) is 0 Å². The van der Waals surface area contributed by atoms with Crippen LogP contribution < -0.4 is 0 Å². The van der Waals surface area contributed by atoms with Crippen LogP contribution in [0.4, 0.5) is 22.0 Å². The molecule has 148 valence electrons. The van der Waals surface area contributed by atoms with E-state index in [0.717, 1.165) is 12.1 Å². The van der Waals surface area contributed by atoms with Gasteiger partial charge >= 0.3 is 0 Å². The van der Waals surface area contributed by atoms with E-state index in [1.165, 1.54) is 12.1 Å². The molecule has 28 heavy (non-hydrogen) atoms. The first-order valence-corrected chi connectivity index (χ1v) is 8.65. The van der Waals surface area contributed by atoms with Crippen LogP contribution in [-0.2, 0) is 0 Å². The normalized spacial score (nSPS) is 13.3. The zero-order chi connectivity index (χ0) is 21.2. The first-order valence-electron chi connectivity index (χ1n) is 8.65. The molecular formula is C23H21F5. The molecular weight excluding hydrogens is 371 g/mol. The Morgan fingerprint density at radius 2 is 1.43 bits per heavy atom. The molecule has 0 aliphatic rings. The number of rotatable bonds is 6. The van der Waals surface area contributed by atoms with Gasteiger partial charge in [0.05, 0.1) is 5.56 Å². The van der Waals surface area contributed by atoms with Crippen molar-refractivity contribution in [3.8, 4) is 0 Å². The van der Waals surface area contributed by atoms with Gasteiger partial charge in [-0.2, -0.15) is 0 Å². The highest BCUT2D eigenvalue weighted by molar-refractivity contribution is 5.81. The molecule has 0 saturated carbocycles. The SMILES string of the molecule is C=C/C(=C(/C=C)C(C)c1cc(F)c(C(F)F)c(F)c1)c1cc(C)c(F)cc1C. The van der Waals surface area contributed by atoms with Crippen LogP contribution in [0, 0.1) is 31.3 Å². The lowest BCUT2D eigenvalue weighted by Gasteiger charge is -2.20. The minimum atomic E-state index is -3.24. The molecule has 0 fully saturated rings. The van der Waals surface area contributed by atoms with Gasteiger partial charge in [-0.15, -0.1) is 0 Å². The molecule has 0 radical (unpaired) electrons. The van der Waals surface area contributed by atoms with Gasteiger partial charge in [0.2, 0.25) is 0 Å². The van der Waals surface area contributed by atoms with Gasteiger partial charge in [0.1, 0.15) is 17.5 Å². The summed E-state index contributed by atoms with van der Waals surface area (Å²) < 4.78 is 67.5. The second-order valence-corrected chi connectivity index (χ2v) is 6.61. The number of hydrogen-bond donors (Lipinski definition) is 0. The molecule has 2 aromatic carbocycles. The summed E-state index contributed by atoms with van der Waals surface area (Å²) in [7, 11) is 0. The average molecular weight is 392 g/mol. The zero-order valence-corrected chi connectivity index (χ0v) is 15.9. The van der Waals surface area contributed by atoms with Crippen LogP contribution in [0.5, 0.6) is 0 Å². The Hall–Kier alpha value is -2.69. The van der Waals surface area contributed by atoms with Crippen LogP contribution in [0.2, 0.25) is 0 Å². The average Bonchev–Trinajstić information content (AvgIpc) is 2.61. The Morgan fingerprint density at radius 3 is 1.89 bits per heavy atom. The molecule has 2 rings (SSSR count). The van der Waals surface area contributed by atoms with Crippen LogP contribution in [0.15, 0.2) is 55.1 Å². The van der Waals surface area contributed by atoms with E-state index in [1.807, 2.05) is 0 Å². The fourth-order valence-electron chi connectivity index (χ4n) is 3.22. The first-order chi connectivity index (χ1) is 13.1. The summed E-state index contributed by atoms with van der Waals surface area (Å²) in [5.41, 5.74) is 1.97. The van der Waals surface area contributed by atoms with Crippen LogP contribution in [0.1, 0.15) is 47.1 Å². The Morgan fingerprint density at radius 1 is 0.857 bits per heavy atom. The number of benzene rings is 2. The van der Waals surface area contributed by atoms with Gasteiger partial charge in [-0.3, -0.25) is 0 Å². The first kappa shape index (κ1) is 21.6. The van der Waals surface area contributed by atoms with E-state index < -0.39 is 29.5 Å². The molecule has 5 heteroatoms. The highest BCUT2D eigenvalue weighted by Gasteiger charge is 2.23. The van der Waals surface area contributed by atoms with Crippen LogP contribution in [-0.4, -0.2) is 0 Å². The third-order valence-corrected chi connectivity index (χ3v) is 4.82. The zero-order valence-electron chi connectivity index (χ0n) is 15.9. The number of hydrogen-bond acceptors (Lipinski definition) is 0. The van der Waals surface area contributed by atoms with Gasteiger partial charge in [0.15, 0.2) is 0 Å². The summed E-state index contributed by atoms with van der Waals surface area (Å²) in [5, 5.41) is 0. The lowest BCUT2D eigenvalue weighted by atomic mass is 9.85. The molecule has 0 aliphatic heterocycles. The van der Waals surface area contributed by atoms with Crippen molar-refractivity contribution in [3.05, 3.63) is 100 Å². The standard InChI is InChI=1S/C23H21F5/c1-6-16(17(7-2)18-8-13(4)19(24)9-12(18)3)14(5)15-10-20(25)22(23(27)28)21(26)11-15/h6-11,14,23H,1-2H2,3-5H3/b17-16+. The molecule has 0 amide bonds. The topological polar surface area (TPSA) is 0 Å². The number of halogens is 5. The number of allylic oxidation sites excluding steroid dienone is 4. The summed E-state index contributed by atoms with van der Waals surface area (Å²) in [6.07, 6.45) is -0.156. The molecule has 0 nitrogen and oxygen atoms in total. The predicted octanol–water partition coefficient (Wildman–Crippen LogP) is 7.59. The van der Waals surface area contributed by atoms with E-state index in [0.29, 0.717) is 27.8 Å². The maximum absolute atomic E-state index is 14.0. The van der Waals surface area contributed by atoms with E-state index in [4.69, 9.17) is 0 Å². The van der Waals surface area contributed by atoms with Crippen molar-refractivity contribution in [3.63, 3.8) is 0 Å². The van der Waals surface area contributed by atoms with E-state index in [9.17, 15) is 22.0 Å². The van der Waals surface area contributed by atoms with Crippen molar-refractivity contribution in [1.29, 1.82) is 0 Å². The van der Waals surface area contributed by atoms with Gasteiger partial charge in [0, 0.05) is 5.92 Å². The Bertz CT molecular complexity index is 931. The lowest BCUT2D eigenvalue weighted by molar-refractivity contribution is 0.141. The molecule has 0 bridgehead atoms. The maximum atomic E-state index is 14.0. The molecule has 0 aromatic heterocycles. The lowest BCUT2D eigenvalue weighted by Crippen LogP contribution is -2.05. The highest BCUT2D eigenvalue weighted by Crippen LogP contribution is 2.36. The molecule has 0 N–H and O–H groups in total. The molecule has 0 heterocycles.